The summed E-state index contributed by atoms with van der Waals surface area (Å²) in [5.41, 5.74) is 3.01. The maximum absolute atomic E-state index is 2.39. The fraction of sp³-hybridized carbons (Fsp3) is 0.545. The van der Waals surface area contributed by atoms with Gasteiger partial charge in [-0.3, -0.25) is 0 Å². The monoisotopic (exact) mass is 324 g/mol. The second-order valence-corrected chi connectivity index (χ2v) is 7.23. The van der Waals surface area contributed by atoms with Gasteiger partial charge in [0.05, 0.1) is 0 Å². The fourth-order valence-corrected chi connectivity index (χ4v) is 3.68. The van der Waals surface area contributed by atoms with E-state index in [4.69, 9.17) is 0 Å². The normalized spacial score (nSPS) is 17.7. The van der Waals surface area contributed by atoms with Crippen LogP contribution in [0, 0.1) is 0 Å². The zero-order chi connectivity index (χ0) is 16.5. The van der Waals surface area contributed by atoms with Crippen molar-refractivity contribution in [1.29, 1.82) is 0 Å². The molecule has 0 aromatic carbocycles. The third-order valence-corrected chi connectivity index (χ3v) is 5.10. The van der Waals surface area contributed by atoms with Gasteiger partial charge >= 0.3 is 0 Å². The first-order valence-electron chi connectivity index (χ1n) is 9.86. The molecule has 0 radical (unpaired) electrons. The maximum atomic E-state index is 2.39. The number of aryl methyl sites for hydroxylation is 4. The van der Waals surface area contributed by atoms with E-state index in [0.717, 1.165) is 13.1 Å². The quantitative estimate of drug-likeness (QED) is 0.642. The fourth-order valence-electron chi connectivity index (χ4n) is 3.68. The van der Waals surface area contributed by atoms with Crippen LogP contribution in [0.4, 0.5) is 0 Å². The van der Waals surface area contributed by atoms with Crippen LogP contribution in [0.3, 0.4) is 0 Å². The van der Waals surface area contributed by atoms with Gasteiger partial charge in [-0.05, 0) is 50.7 Å². The van der Waals surface area contributed by atoms with Crippen molar-refractivity contribution in [2.24, 2.45) is 0 Å². The van der Waals surface area contributed by atoms with E-state index in [1.165, 1.54) is 75.3 Å². The van der Waals surface area contributed by atoms with E-state index in [1.54, 1.807) is 0 Å². The Labute approximate surface area is 147 Å². The Balaban J connectivity index is 1.58. The molecular weight excluding hydrogens is 292 g/mol. The first-order chi connectivity index (χ1) is 11.9. The van der Waals surface area contributed by atoms with Crippen LogP contribution in [0.25, 0.3) is 0 Å². The van der Waals surface area contributed by atoms with Crippen molar-refractivity contribution in [3.05, 3.63) is 60.2 Å². The highest BCUT2D eigenvalue weighted by atomic mass is 14.9. The molecule has 2 nitrogen and oxygen atoms in total. The number of pyridine rings is 2. The molecule has 0 N–H and O–H groups in total. The van der Waals surface area contributed by atoms with Crippen LogP contribution in [-0.2, 0) is 25.9 Å². The van der Waals surface area contributed by atoms with Gasteiger partial charge in [0.2, 0.25) is 0 Å². The average Bonchev–Trinajstić information content (AvgIpc) is 2.61. The van der Waals surface area contributed by atoms with E-state index in [9.17, 15) is 0 Å². The summed E-state index contributed by atoms with van der Waals surface area (Å²) in [6, 6.07) is 9.02. The highest BCUT2D eigenvalue weighted by Gasteiger charge is 2.06. The van der Waals surface area contributed by atoms with Gasteiger partial charge < -0.3 is 0 Å². The van der Waals surface area contributed by atoms with Gasteiger partial charge in [0, 0.05) is 36.1 Å². The molecule has 4 bridgehead atoms. The standard InChI is InChI=1S/C22H32N2/c1-2-6-12-22-14-10-18-24(20-22)16-8-4-3-7-15-23-17-9-13-21(19-23)11-5-1/h9-10,13-14,17-20H,1-8,11-12,15-16H2/q+2. The number of hydrogen-bond donors (Lipinski definition) is 0. The smallest absolute Gasteiger partial charge is 0.171 e. The Morgan fingerprint density at radius 1 is 0.542 bits per heavy atom. The molecule has 2 heteroatoms. The molecule has 3 heterocycles. The van der Waals surface area contributed by atoms with Crippen LogP contribution in [0.15, 0.2) is 49.1 Å². The molecule has 24 heavy (non-hydrogen) atoms. The molecule has 3 rings (SSSR count). The third kappa shape index (κ3) is 5.74. The zero-order valence-electron chi connectivity index (χ0n) is 15.0. The van der Waals surface area contributed by atoms with Crippen molar-refractivity contribution >= 4 is 0 Å². The molecule has 0 saturated carbocycles. The molecule has 1 aliphatic rings. The van der Waals surface area contributed by atoms with Gasteiger partial charge in [-0.2, -0.15) is 0 Å². The van der Waals surface area contributed by atoms with Gasteiger partial charge in [-0.25, -0.2) is 9.13 Å². The van der Waals surface area contributed by atoms with E-state index in [0.29, 0.717) is 0 Å². The van der Waals surface area contributed by atoms with E-state index in [2.05, 4.69) is 58.2 Å². The first-order valence-corrected chi connectivity index (χ1v) is 9.86. The van der Waals surface area contributed by atoms with Crippen molar-refractivity contribution in [2.45, 2.75) is 77.3 Å². The number of hydrogen-bond acceptors (Lipinski definition) is 0. The molecule has 2 aromatic rings. The number of aromatic nitrogens is 2. The van der Waals surface area contributed by atoms with Crippen molar-refractivity contribution in [1.82, 2.24) is 0 Å². The minimum Gasteiger partial charge on any atom is -0.205 e. The van der Waals surface area contributed by atoms with Crippen LogP contribution in [-0.4, -0.2) is 0 Å². The zero-order valence-corrected chi connectivity index (χ0v) is 15.0. The molecule has 0 unspecified atom stereocenters. The maximum Gasteiger partial charge on any atom is 0.171 e. The summed E-state index contributed by atoms with van der Waals surface area (Å²) in [7, 11) is 0. The van der Waals surface area contributed by atoms with Gasteiger partial charge in [-0.1, -0.05) is 12.8 Å². The molecule has 1 aliphatic heterocycles. The lowest BCUT2D eigenvalue weighted by Gasteiger charge is -2.05. The second kappa shape index (κ2) is 9.56. The Morgan fingerprint density at radius 3 is 1.50 bits per heavy atom. The van der Waals surface area contributed by atoms with E-state index in [-0.39, 0.29) is 0 Å². The Bertz CT molecular complexity index is 519. The van der Waals surface area contributed by atoms with Gasteiger partial charge in [0.25, 0.3) is 0 Å². The molecule has 0 amide bonds. The summed E-state index contributed by atoms with van der Waals surface area (Å²) in [6.07, 6.45) is 22.2. The predicted molar refractivity (Wildman–Crippen MR) is 97.6 cm³/mol. The van der Waals surface area contributed by atoms with E-state index < -0.39 is 0 Å². The summed E-state index contributed by atoms with van der Waals surface area (Å²) in [5.74, 6) is 0. The minimum absolute atomic E-state index is 1.16. The minimum atomic E-state index is 1.16. The van der Waals surface area contributed by atoms with Crippen molar-refractivity contribution < 1.29 is 9.13 Å². The molecule has 0 fully saturated rings. The van der Waals surface area contributed by atoms with Crippen molar-refractivity contribution in [2.75, 3.05) is 0 Å². The summed E-state index contributed by atoms with van der Waals surface area (Å²) < 4.78 is 4.77. The Kier molecular flexibility index (Phi) is 6.83. The molecule has 0 spiro atoms. The molecule has 128 valence electrons. The summed E-state index contributed by atoms with van der Waals surface area (Å²) in [4.78, 5) is 0. The Morgan fingerprint density at radius 2 is 1.00 bits per heavy atom. The van der Waals surface area contributed by atoms with Crippen LogP contribution in [0.5, 0.6) is 0 Å². The summed E-state index contributed by atoms with van der Waals surface area (Å²) in [5, 5.41) is 0. The molecule has 0 atom stereocenters. The van der Waals surface area contributed by atoms with Crippen LogP contribution >= 0.6 is 0 Å². The highest BCUT2D eigenvalue weighted by molar-refractivity contribution is 5.06. The molecular formula is C22H32N2+2. The van der Waals surface area contributed by atoms with Crippen molar-refractivity contribution in [3.63, 3.8) is 0 Å². The molecule has 0 aliphatic carbocycles. The molecule has 0 saturated heterocycles. The topological polar surface area (TPSA) is 7.76 Å². The van der Waals surface area contributed by atoms with E-state index >= 15 is 0 Å². The van der Waals surface area contributed by atoms with E-state index in [1.807, 2.05) is 0 Å². The van der Waals surface area contributed by atoms with Crippen molar-refractivity contribution in [3.8, 4) is 0 Å². The highest BCUT2D eigenvalue weighted by Crippen LogP contribution is 2.10. The van der Waals surface area contributed by atoms with Gasteiger partial charge in [-0.15, -0.1) is 0 Å². The van der Waals surface area contributed by atoms with Gasteiger partial charge in [0.15, 0.2) is 24.8 Å². The lowest BCUT2D eigenvalue weighted by Crippen LogP contribution is -2.34. The molecule has 2 aromatic heterocycles. The van der Waals surface area contributed by atoms with Crippen LogP contribution in [0.2, 0.25) is 0 Å². The summed E-state index contributed by atoms with van der Waals surface area (Å²) in [6.45, 7) is 2.33. The largest absolute Gasteiger partial charge is 0.205 e. The Hall–Kier alpha value is -1.70. The lowest BCUT2D eigenvalue weighted by atomic mass is 10.0. The number of fused-ring (bicyclic) bond motifs is 4. The third-order valence-electron chi connectivity index (χ3n) is 5.10. The number of rotatable bonds is 0. The average molecular weight is 325 g/mol. The number of nitrogens with zero attached hydrogens (tertiary/aromatic N) is 2. The van der Waals surface area contributed by atoms with Crippen LogP contribution < -0.4 is 9.13 Å². The second-order valence-electron chi connectivity index (χ2n) is 7.23. The summed E-state index contributed by atoms with van der Waals surface area (Å²) >= 11 is 0. The first kappa shape index (κ1) is 17.1. The van der Waals surface area contributed by atoms with Crippen LogP contribution in [0.1, 0.15) is 62.5 Å². The lowest BCUT2D eigenvalue weighted by molar-refractivity contribution is -0.699. The SMILES string of the molecule is c1cc2c[n+](c1)CCCCCC[n+]1cccc(c1)CCCCCC2. The van der Waals surface area contributed by atoms with Gasteiger partial charge in [0.1, 0.15) is 13.1 Å². The predicted octanol–water partition coefficient (Wildman–Crippen LogP) is 4.18.